The van der Waals surface area contributed by atoms with Gasteiger partial charge in [-0.25, -0.2) is 14.8 Å². The van der Waals surface area contributed by atoms with E-state index in [1.807, 2.05) is 0 Å². The second-order valence-corrected chi connectivity index (χ2v) is 4.58. The van der Waals surface area contributed by atoms with Gasteiger partial charge < -0.3 is 4.42 Å². The fraction of sp³-hybridized carbons (Fsp3) is 0.273. The van der Waals surface area contributed by atoms with Crippen molar-refractivity contribution >= 4 is 33.7 Å². The number of oxazole rings is 1. The van der Waals surface area contributed by atoms with E-state index in [9.17, 15) is 9.59 Å². The van der Waals surface area contributed by atoms with E-state index in [1.165, 1.54) is 18.7 Å². The molecule has 0 spiro atoms. The Morgan fingerprint density at radius 2 is 1.84 bits per heavy atom. The number of nitrogens with zero attached hydrogens (tertiary/aromatic N) is 4. The minimum absolute atomic E-state index is 0.0996. The Bertz CT molecular complexity index is 951. The molecule has 3 aromatic rings. The molecule has 19 heavy (non-hydrogen) atoms. The van der Waals surface area contributed by atoms with E-state index in [0.29, 0.717) is 11.4 Å². The maximum Gasteiger partial charge on any atom is 0.332 e. The smallest absolute Gasteiger partial charge is 0.332 e. The van der Waals surface area contributed by atoms with Crippen LogP contribution in [0, 0.1) is 6.92 Å². The molecule has 3 rings (SSSR count). The third-order valence-electron chi connectivity index (χ3n) is 2.99. The van der Waals surface area contributed by atoms with Crippen molar-refractivity contribution in [2.45, 2.75) is 6.92 Å². The van der Waals surface area contributed by atoms with Gasteiger partial charge in [0, 0.05) is 21.0 Å². The van der Waals surface area contributed by atoms with Gasteiger partial charge in [-0.15, -0.1) is 0 Å². The highest BCUT2D eigenvalue weighted by atomic mass is 35.5. The first-order valence-corrected chi connectivity index (χ1v) is 5.82. The van der Waals surface area contributed by atoms with Crippen LogP contribution >= 0.6 is 11.6 Å². The summed E-state index contributed by atoms with van der Waals surface area (Å²) in [5, 5.41) is 0.298. The normalized spacial score (nSPS) is 11.6. The van der Waals surface area contributed by atoms with Crippen LogP contribution in [0.5, 0.6) is 0 Å². The molecule has 0 amide bonds. The van der Waals surface area contributed by atoms with Gasteiger partial charge in [0.05, 0.1) is 0 Å². The van der Waals surface area contributed by atoms with E-state index < -0.39 is 11.2 Å². The molecule has 8 heteroatoms. The van der Waals surface area contributed by atoms with E-state index in [0.717, 1.165) is 4.57 Å². The lowest BCUT2D eigenvalue weighted by atomic mass is 10.3. The summed E-state index contributed by atoms with van der Waals surface area (Å²) >= 11 is 6.01. The summed E-state index contributed by atoms with van der Waals surface area (Å²) in [7, 11) is 2.91. The van der Waals surface area contributed by atoms with Gasteiger partial charge in [0.25, 0.3) is 5.56 Å². The third-order valence-corrected chi connectivity index (χ3v) is 3.26. The molecule has 0 saturated carbocycles. The van der Waals surface area contributed by atoms with Gasteiger partial charge in [-0.3, -0.25) is 13.9 Å². The Balaban J connectivity index is 2.78. The van der Waals surface area contributed by atoms with Gasteiger partial charge in [-0.2, -0.15) is 0 Å². The van der Waals surface area contributed by atoms with Crippen LogP contribution < -0.4 is 11.2 Å². The lowest BCUT2D eigenvalue weighted by Gasteiger charge is -2.06. The molecule has 0 radical (unpaired) electrons. The maximum atomic E-state index is 12.2. The largest absolute Gasteiger partial charge is 0.440 e. The molecule has 3 aromatic heterocycles. The van der Waals surface area contributed by atoms with Crippen LogP contribution in [-0.2, 0) is 14.1 Å². The Morgan fingerprint density at radius 1 is 1.16 bits per heavy atom. The van der Waals surface area contributed by atoms with E-state index in [4.69, 9.17) is 16.0 Å². The predicted molar refractivity (Wildman–Crippen MR) is 69.5 cm³/mol. The topological polar surface area (TPSA) is 82.9 Å². The van der Waals surface area contributed by atoms with Crippen molar-refractivity contribution in [1.29, 1.82) is 0 Å². The molecular formula is C11H9ClN4O3. The van der Waals surface area contributed by atoms with E-state index >= 15 is 0 Å². The molecule has 0 bridgehead atoms. The Morgan fingerprint density at radius 3 is 2.53 bits per heavy atom. The summed E-state index contributed by atoms with van der Waals surface area (Å²) in [6.07, 6.45) is 0. The Labute approximate surface area is 111 Å². The highest BCUT2D eigenvalue weighted by molar-refractivity contribution is 6.34. The maximum absolute atomic E-state index is 12.2. The van der Waals surface area contributed by atoms with Crippen molar-refractivity contribution < 1.29 is 4.42 Å². The monoisotopic (exact) mass is 280 g/mol. The fourth-order valence-corrected chi connectivity index (χ4v) is 2.25. The molecule has 0 N–H and O–H groups in total. The lowest BCUT2D eigenvalue weighted by molar-refractivity contribution is 0.562. The summed E-state index contributed by atoms with van der Waals surface area (Å²) in [4.78, 5) is 32.2. The van der Waals surface area contributed by atoms with Crippen LogP contribution in [0.25, 0.3) is 22.1 Å². The summed E-state index contributed by atoms with van der Waals surface area (Å²) in [6.45, 7) is 1.65. The molecule has 3 heterocycles. The number of halogens is 1. The van der Waals surface area contributed by atoms with Crippen molar-refractivity contribution in [2.24, 2.45) is 14.1 Å². The number of pyridine rings is 1. The van der Waals surface area contributed by atoms with Crippen LogP contribution in [-0.4, -0.2) is 19.1 Å². The highest BCUT2D eigenvalue weighted by Crippen LogP contribution is 2.26. The number of hydrogen-bond acceptors (Lipinski definition) is 5. The first-order chi connectivity index (χ1) is 8.91. The molecular weight excluding hydrogens is 272 g/mol. The molecule has 7 nitrogen and oxygen atoms in total. The van der Waals surface area contributed by atoms with Gasteiger partial charge in [0.1, 0.15) is 10.9 Å². The standard InChI is InChI=1S/C11H9ClN4O3/c1-4-13-6-7(19-4)5-9(14-8(6)12)15(2)11(18)16(3)10(5)17/h1-3H3. The van der Waals surface area contributed by atoms with Crippen molar-refractivity contribution in [3.05, 3.63) is 31.9 Å². The number of aromatic nitrogens is 4. The van der Waals surface area contributed by atoms with Crippen LogP contribution in [0.4, 0.5) is 0 Å². The second-order valence-electron chi connectivity index (χ2n) is 4.22. The Kier molecular flexibility index (Phi) is 2.30. The molecule has 0 aromatic carbocycles. The van der Waals surface area contributed by atoms with E-state index in [1.54, 1.807) is 6.92 Å². The Hall–Kier alpha value is -2.15. The van der Waals surface area contributed by atoms with Crippen molar-refractivity contribution in [3.63, 3.8) is 0 Å². The van der Waals surface area contributed by atoms with Crippen molar-refractivity contribution in [2.75, 3.05) is 0 Å². The van der Waals surface area contributed by atoms with Crippen molar-refractivity contribution in [3.8, 4) is 0 Å². The molecule has 0 aliphatic heterocycles. The van der Waals surface area contributed by atoms with Gasteiger partial charge in [0.2, 0.25) is 0 Å². The van der Waals surface area contributed by atoms with Crippen LogP contribution in [0.2, 0.25) is 5.15 Å². The number of fused-ring (bicyclic) bond motifs is 3. The van der Waals surface area contributed by atoms with Gasteiger partial charge >= 0.3 is 5.69 Å². The van der Waals surface area contributed by atoms with Crippen LogP contribution in [0.3, 0.4) is 0 Å². The summed E-state index contributed by atoms with van der Waals surface area (Å²) in [6, 6.07) is 0. The quantitative estimate of drug-likeness (QED) is 0.567. The summed E-state index contributed by atoms with van der Waals surface area (Å²) in [5.74, 6) is 0.377. The van der Waals surface area contributed by atoms with Crippen LogP contribution in [0.15, 0.2) is 14.0 Å². The van der Waals surface area contributed by atoms with Gasteiger partial charge in [-0.1, -0.05) is 11.6 Å². The average Bonchev–Trinajstić information content (AvgIpc) is 2.75. The zero-order chi connectivity index (χ0) is 13.9. The fourth-order valence-electron chi connectivity index (χ4n) is 2.05. The number of hydrogen-bond donors (Lipinski definition) is 0. The lowest BCUT2D eigenvalue weighted by Crippen LogP contribution is -2.37. The zero-order valence-corrected chi connectivity index (χ0v) is 11.1. The van der Waals surface area contributed by atoms with Crippen LogP contribution in [0.1, 0.15) is 5.89 Å². The average molecular weight is 281 g/mol. The first kappa shape index (κ1) is 11.9. The molecule has 98 valence electrons. The summed E-state index contributed by atoms with van der Waals surface area (Å²) < 4.78 is 7.67. The molecule has 0 fully saturated rings. The van der Waals surface area contributed by atoms with Gasteiger partial charge in [0.15, 0.2) is 22.3 Å². The third kappa shape index (κ3) is 1.45. The number of aryl methyl sites for hydroxylation is 2. The van der Waals surface area contributed by atoms with Crippen molar-refractivity contribution in [1.82, 2.24) is 19.1 Å². The minimum atomic E-state index is -0.483. The molecule has 0 aliphatic rings. The minimum Gasteiger partial charge on any atom is -0.440 e. The first-order valence-electron chi connectivity index (χ1n) is 5.44. The van der Waals surface area contributed by atoms with E-state index in [2.05, 4.69) is 9.97 Å². The molecule has 0 unspecified atom stereocenters. The SMILES string of the molecule is Cc1nc2c(Cl)nc3c(c(=O)n(C)c(=O)n3C)c2o1. The van der Waals surface area contributed by atoms with Gasteiger partial charge in [-0.05, 0) is 0 Å². The second kappa shape index (κ2) is 3.67. The van der Waals surface area contributed by atoms with E-state index in [-0.39, 0.29) is 21.8 Å². The highest BCUT2D eigenvalue weighted by Gasteiger charge is 2.19. The molecule has 0 saturated heterocycles. The number of rotatable bonds is 0. The summed E-state index contributed by atoms with van der Waals surface area (Å²) in [5.41, 5.74) is -0.201. The molecule has 0 aliphatic carbocycles. The zero-order valence-electron chi connectivity index (χ0n) is 10.4. The molecule has 0 atom stereocenters. The predicted octanol–water partition coefficient (Wildman–Crippen LogP) is 0.735.